The van der Waals surface area contributed by atoms with E-state index in [1.807, 2.05) is 41.8 Å². The second-order valence-electron chi connectivity index (χ2n) is 6.01. The number of ketones is 1. The Hall–Kier alpha value is -2.39. The summed E-state index contributed by atoms with van der Waals surface area (Å²) in [5.74, 6) is 0.111. The van der Waals surface area contributed by atoms with Gasteiger partial charge in [-0.1, -0.05) is 54.6 Å². The molecule has 1 aliphatic heterocycles. The zero-order valence-electron chi connectivity index (χ0n) is 13.3. The van der Waals surface area contributed by atoms with Gasteiger partial charge >= 0.3 is 0 Å². The second-order valence-corrected chi connectivity index (χ2v) is 6.76. The smallest absolute Gasteiger partial charge is 0.182 e. The van der Waals surface area contributed by atoms with E-state index >= 15 is 0 Å². The summed E-state index contributed by atoms with van der Waals surface area (Å²) < 4.78 is 2.99. The molecule has 0 radical (unpaired) electrons. The van der Waals surface area contributed by atoms with Crippen LogP contribution in [0.4, 0.5) is 0 Å². The predicted octanol–water partition coefficient (Wildman–Crippen LogP) is 5.70. The lowest BCUT2D eigenvalue weighted by atomic mass is 10.1. The maximum absolute atomic E-state index is 12.6. The van der Waals surface area contributed by atoms with Crippen LogP contribution in [0.25, 0.3) is 21.9 Å². The minimum absolute atomic E-state index is 0.111. The fourth-order valence-corrected chi connectivity index (χ4v) is 3.95. The van der Waals surface area contributed by atoms with Crippen molar-refractivity contribution in [2.24, 2.45) is 0 Å². The van der Waals surface area contributed by atoms with Crippen molar-refractivity contribution in [2.45, 2.75) is 13.5 Å². The number of hydrogen-bond donors (Lipinski definition) is 0. The van der Waals surface area contributed by atoms with E-state index in [9.17, 15) is 4.79 Å². The minimum atomic E-state index is 0.111. The van der Waals surface area contributed by atoms with Gasteiger partial charge < -0.3 is 4.57 Å². The zero-order chi connectivity index (χ0) is 16.7. The number of carbonyl (C=O) groups excluding carboxylic acids is 1. The fraction of sp³-hybridized carbons (Fsp3) is 0.0952. The number of hydrogen-bond acceptors (Lipinski definition) is 1. The molecule has 2 aromatic carbocycles. The summed E-state index contributed by atoms with van der Waals surface area (Å²) in [7, 11) is 0. The van der Waals surface area contributed by atoms with Crippen molar-refractivity contribution < 1.29 is 4.79 Å². The van der Waals surface area contributed by atoms with Gasteiger partial charge in [-0.25, -0.2) is 0 Å². The van der Waals surface area contributed by atoms with Crippen LogP contribution in [0.2, 0.25) is 0 Å². The molecule has 0 amide bonds. The monoisotopic (exact) mass is 377 g/mol. The van der Waals surface area contributed by atoms with Crippen LogP contribution in [0.3, 0.4) is 0 Å². The average Bonchev–Trinajstić information content (AvgIpc) is 2.98. The number of benzene rings is 2. The Morgan fingerprint density at radius 2 is 1.67 bits per heavy atom. The van der Waals surface area contributed by atoms with Gasteiger partial charge in [0.05, 0.1) is 11.1 Å². The molecule has 1 aliphatic carbocycles. The molecule has 118 valence electrons. The van der Waals surface area contributed by atoms with Crippen LogP contribution in [-0.2, 0) is 6.54 Å². The Morgan fingerprint density at radius 3 is 2.46 bits per heavy atom. The van der Waals surface area contributed by atoms with E-state index in [1.165, 1.54) is 16.3 Å². The molecule has 24 heavy (non-hydrogen) atoms. The number of halogens is 1. The Balaban J connectivity index is 1.83. The Morgan fingerprint density at radius 1 is 0.958 bits per heavy atom. The van der Waals surface area contributed by atoms with Gasteiger partial charge in [0.15, 0.2) is 5.78 Å². The van der Waals surface area contributed by atoms with E-state index in [0.717, 1.165) is 21.4 Å². The number of aryl methyl sites for hydroxylation is 1. The molecule has 0 saturated heterocycles. The van der Waals surface area contributed by atoms with Crippen LogP contribution in [0, 0.1) is 6.92 Å². The van der Waals surface area contributed by atoms with E-state index in [0.29, 0.717) is 6.54 Å². The lowest BCUT2D eigenvalue weighted by Gasteiger charge is -2.17. The first-order chi connectivity index (χ1) is 11.6. The predicted molar refractivity (Wildman–Crippen MR) is 102 cm³/mol. The van der Waals surface area contributed by atoms with Crippen LogP contribution in [0.15, 0.2) is 71.3 Å². The highest BCUT2D eigenvalue weighted by molar-refractivity contribution is 9.10. The summed E-state index contributed by atoms with van der Waals surface area (Å²) in [6.45, 7) is 2.37. The number of aromatic nitrogens is 1. The Bertz CT molecular complexity index is 1020. The first-order valence-electron chi connectivity index (χ1n) is 7.90. The average molecular weight is 378 g/mol. The minimum Gasteiger partial charge on any atom is -0.331 e. The molecule has 0 fully saturated rings. The van der Waals surface area contributed by atoms with Crippen LogP contribution in [0.1, 0.15) is 16.1 Å². The summed E-state index contributed by atoms with van der Waals surface area (Å²) in [6, 6.07) is 22.2. The number of nitrogens with zero attached hydrogens (tertiary/aromatic N) is 1. The first-order valence-corrected chi connectivity index (χ1v) is 8.70. The molecule has 2 nitrogen and oxygen atoms in total. The van der Waals surface area contributed by atoms with Gasteiger partial charge in [-0.05, 0) is 51.3 Å². The maximum Gasteiger partial charge on any atom is 0.182 e. The third-order valence-electron chi connectivity index (χ3n) is 4.48. The molecule has 1 heterocycles. The molecule has 3 heteroatoms. The summed E-state index contributed by atoms with van der Waals surface area (Å²) in [5, 5.41) is 2.47. The zero-order valence-corrected chi connectivity index (χ0v) is 14.9. The van der Waals surface area contributed by atoms with Crippen molar-refractivity contribution in [1.82, 2.24) is 4.57 Å². The van der Waals surface area contributed by atoms with Gasteiger partial charge in [0.1, 0.15) is 0 Å². The molecule has 0 aromatic heterocycles. The molecule has 0 N–H and O–H groups in total. The van der Waals surface area contributed by atoms with Crippen molar-refractivity contribution in [3.63, 3.8) is 0 Å². The van der Waals surface area contributed by atoms with Crippen LogP contribution in [0.5, 0.6) is 0 Å². The highest BCUT2D eigenvalue weighted by Crippen LogP contribution is 2.39. The fourth-order valence-electron chi connectivity index (χ4n) is 3.21. The van der Waals surface area contributed by atoms with Crippen molar-refractivity contribution in [1.29, 1.82) is 0 Å². The molecule has 2 aliphatic rings. The lowest BCUT2D eigenvalue weighted by Crippen LogP contribution is -2.14. The van der Waals surface area contributed by atoms with Crippen molar-refractivity contribution in [2.75, 3.05) is 0 Å². The highest BCUT2D eigenvalue weighted by atomic mass is 79.9. The molecule has 0 atom stereocenters. The van der Waals surface area contributed by atoms with Gasteiger partial charge in [-0.3, -0.25) is 4.79 Å². The SMILES string of the molecule is Cc1cc2c3ccccc3cc-2c(Br)n1CC(=O)c1ccccc1. The normalized spacial score (nSPS) is 11.2. The van der Waals surface area contributed by atoms with Crippen molar-refractivity contribution >= 4 is 32.5 Å². The molecule has 0 unspecified atom stereocenters. The van der Waals surface area contributed by atoms with Crippen LogP contribution >= 0.6 is 15.9 Å². The molecule has 0 saturated carbocycles. The number of fused-ring (bicyclic) bond motifs is 3. The molecule has 2 aromatic rings. The molecular weight excluding hydrogens is 362 g/mol. The summed E-state index contributed by atoms with van der Waals surface area (Å²) in [5.41, 5.74) is 4.17. The maximum atomic E-state index is 12.6. The van der Waals surface area contributed by atoms with Crippen LogP contribution in [-0.4, -0.2) is 10.4 Å². The van der Waals surface area contributed by atoms with Crippen molar-refractivity contribution in [3.8, 4) is 11.1 Å². The Kier molecular flexibility index (Phi) is 3.73. The molecule has 4 rings (SSSR count). The third-order valence-corrected chi connectivity index (χ3v) is 5.33. The van der Waals surface area contributed by atoms with Gasteiger partial charge in [0.2, 0.25) is 0 Å². The van der Waals surface area contributed by atoms with Gasteiger partial charge in [0.25, 0.3) is 0 Å². The second kappa shape index (κ2) is 5.91. The Labute approximate surface area is 149 Å². The summed E-state index contributed by atoms with van der Waals surface area (Å²) in [6.07, 6.45) is 0. The molecular formula is C21H16BrNO. The number of pyridine rings is 1. The number of Topliss-reactive ketones (excluding diaryl/α,β-unsaturated/α-hetero) is 1. The summed E-state index contributed by atoms with van der Waals surface area (Å²) >= 11 is 3.72. The molecule has 0 spiro atoms. The van der Waals surface area contributed by atoms with E-state index in [2.05, 4.69) is 52.3 Å². The number of rotatable bonds is 3. The lowest BCUT2D eigenvalue weighted by molar-refractivity contribution is 0.0970. The van der Waals surface area contributed by atoms with Gasteiger partial charge in [0, 0.05) is 16.8 Å². The van der Waals surface area contributed by atoms with Crippen molar-refractivity contribution in [3.05, 3.63) is 82.6 Å². The first kappa shape index (κ1) is 15.2. The highest BCUT2D eigenvalue weighted by Gasteiger charge is 2.18. The van der Waals surface area contributed by atoms with Crippen LogP contribution < -0.4 is 0 Å². The van der Waals surface area contributed by atoms with E-state index in [-0.39, 0.29) is 5.78 Å². The standard InChI is InChI=1S/C21H16BrNO/c1-14-11-18-17-10-6-5-9-16(17)12-19(18)21(22)23(14)13-20(24)15-7-3-2-4-8-15/h2-12H,13H2,1H3. The number of carbonyl (C=O) groups is 1. The largest absolute Gasteiger partial charge is 0.331 e. The topological polar surface area (TPSA) is 22.0 Å². The molecule has 0 bridgehead atoms. The summed E-state index contributed by atoms with van der Waals surface area (Å²) in [4.78, 5) is 12.6. The van der Waals surface area contributed by atoms with E-state index < -0.39 is 0 Å². The van der Waals surface area contributed by atoms with Gasteiger partial charge in [-0.15, -0.1) is 0 Å². The third kappa shape index (κ3) is 2.45. The van der Waals surface area contributed by atoms with Gasteiger partial charge in [-0.2, -0.15) is 0 Å². The van der Waals surface area contributed by atoms with E-state index in [1.54, 1.807) is 0 Å². The quantitative estimate of drug-likeness (QED) is 0.331. The van der Waals surface area contributed by atoms with E-state index in [4.69, 9.17) is 0 Å².